The number of aliphatic carboxylic acids is 3. The third kappa shape index (κ3) is 7.81. The van der Waals surface area contributed by atoms with Crippen molar-refractivity contribution >= 4 is 39.8 Å². The molecule has 11 heteroatoms. The minimum Gasteiger partial charge on any atom is -0.481 e. The van der Waals surface area contributed by atoms with E-state index in [4.69, 9.17) is 14.2 Å². The number of esters is 1. The summed E-state index contributed by atoms with van der Waals surface area (Å²) < 4.78 is 16.2. The fourth-order valence-electron chi connectivity index (χ4n) is 3.29. The molecule has 1 aliphatic rings. The molecule has 0 radical (unpaired) electrons. The molecule has 0 bridgehead atoms. The number of carboxylic acids is 3. The number of carboxylic acid groups (broad SMARTS) is 3. The quantitative estimate of drug-likeness (QED) is 0.303. The van der Waals surface area contributed by atoms with Crippen LogP contribution in [0.4, 0.5) is 0 Å². The first-order valence-corrected chi connectivity index (χ1v) is 9.39. The predicted molar refractivity (Wildman–Crippen MR) is 92.3 cm³/mol. The van der Waals surface area contributed by atoms with E-state index in [9.17, 15) is 34.5 Å². The van der Waals surface area contributed by atoms with Gasteiger partial charge in [-0.05, 0) is 5.92 Å². The van der Waals surface area contributed by atoms with Gasteiger partial charge >= 0.3 is 23.9 Å². The molecule has 1 heterocycles. The molecule has 3 N–H and O–H groups in total. The molecule has 0 aromatic heterocycles. The summed E-state index contributed by atoms with van der Waals surface area (Å²) >= 11 is 3.17. The second-order valence-corrected chi connectivity index (χ2v) is 6.98. The zero-order valence-corrected chi connectivity index (χ0v) is 16.3. The van der Waals surface area contributed by atoms with Gasteiger partial charge in [-0.25, -0.2) is 0 Å². The molecule has 0 spiro atoms. The SMILES string of the molecule is CC(=O)OC[C@H]1O[C@H](OCCBr)[C@@H](CC(=O)O)[C@H](CC(=O)O)[C@@H]1CC(=O)O. The molecule has 1 saturated heterocycles. The van der Waals surface area contributed by atoms with Crippen LogP contribution in [0.25, 0.3) is 0 Å². The van der Waals surface area contributed by atoms with Crippen molar-refractivity contribution < 1.29 is 48.7 Å². The first kappa shape index (κ1) is 23.3. The minimum absolute atomic E-state index is 0.171. The number of halogens is 1. The summed E-state index contributed by atoms with van der Waals surface area (Å²) in [6, 6.07) is 0. The number of hydrogen-bond donors (Lipinski definition) is 3. The summed E-state index contributed by atoms with van der Waals surface area (Å²) in [5.41, 5.74) is 0. The molecular weight excluding hydrogens is 432 g/mol. The summed E-state index contributed by atoms with van der Waals surface area (Å²) in [5.74, 6) is -6.74. The van der Waals surface area contributed by atoms with Crippen LogP contribution < -0.4 is 0 Å². The maximum atomic E-state index is 11.4. The van der Waals surface area contributed by atoms with Crippen LogP contribution in [0.2, 0.25) is 0 Å². The Kier molecular flexibility index (Phi) is 9.67. The van der Waals surface area contributed by atoms with Crippen molar-refractivity contribution in [3.8, 4) is 0 Å². The van der Waals surface area contributed by atoms with Crippen molar-refractivity contribution in [2.24, 2.45) is 17.8 Å². The highest BCUT2D eigenvalue weighted by Crippen LogP contribution is 2.42. The van der Waals surface area contributed by atoms with Gasteiger partial charge in [0.1, 0.15) is 6.61 Å². The normalized spacial score (nSPS) is 27.7. The Morgan fingerprint density at radius 2 is 1.44 bits per heavy atom. The smallest absolute Gasteiger partial charge is 0.303 e. The lowest BCUT2D eigenvalue weighted by atomic mass is 9.71. The first-order valence-electron chi connectivity index (χ1n) is 8.27. The van der Waals surface area contributed by atoms with Crippen LogP contribution in [0, 0.1) is 17.8 Å². The summed E-state index contributed by atoms with van der Waals surface area (Å²) in [6.45, 7) is 1.07. The van der Waals surface area contributed by atoms with Crippen LogP contribution in [0.15, 0.2) is 0 Å². The Morgan fingerprint density at radius 3 is 1.93 bits per heavy atom. The van der Waals surface area contributed by atoms with E-state index in [0.29, 0.717) is 5.33 Å². The highest BCUT2D eigenvalue weighted by Gasteiger charge is 2.48. The Labute approximate surface area is 163 Å². The van der Waals surface area contributed by atoms with Gasteiger partial charge in [0, 0.05) is 30.5 Å². The van der Waals surface area contributed by atoms with E-state index in [1.807, 2.05) is 0 Å². The van der Waals surface area contributed by atoms with E-state index >= 15 is 0 Å². The van der Waals surface area contributed by atoms with Crippen LogP contribution in [0.3, 0.4) is 0 Å². The molecule has 0 unspecified atom stereocenters. The number of carbonyl (C=O) groups excluding carboxylic acids is 1. The predicted octanol–water partition coefficient (Wildman–Crippen LogP) is 0.959. The molecule has 0 saturated carbocycles. The summed E-state index contributed by atoms with van der Waals surface area (Å²) in [4.78, 5) is 45.1. The van der Waals surface area contributed by atoms with Gasteiger partial charge in [-0.1, -0.05) is 15.9 Å². The van der Waals surface area contributed by atoms with Crippen molar-refractivity contribution in [3.05, 3.63) is 0 Å². The fraction of sp³-hybridized carbons (Fsp3) is 0.750. The van der Waals surface area contributed by atoms with Crippen molar-refractivity contribution in [1.29, 1.82) is 0 Å². The average molecular weight is 455 g/mol. The standard InChI is InChI=1S/C16H23BrO10/c1-8(18)26-7-12-10(5-14(21)22)9(4-13(19)20)11(6-15(23)24)16(27-12)25-3-2-17/h9-12,16H,2-7H2,1H3,(H,19,20)(H,21,22)(H,23,24)/t9-,10+,11+,12-,16+/m1/s1. The lowest BCUT2D eigenvalue weighted by Gasteiger charge is -2.45. The molecule has 0 aromatic carbocycles. The van der Waals surface area contributed by atoms with E-state index in [1.165, 1.54) is 6.92 Å². The van der Waals surface area contributed by atoms with Gasteiger partial charge in [0.05, 0.1) is 25.6 Å². The molecule has 1 fully saturated rings. The van der Waals surface area contributed by atoms with Gasteiger partial charge in [-0.2, -0.15) is 0 Å². The molecule has 5 atom stereocenters. The van der Waals surface area contributed by atoms with Gasteiger partial charge in [-0.3, -0.25) is 19.2 Å². The highest BCUT2D eigenvalue weighted by atomic mass is 79.9. The Morgan fingerprint density at radius 1 is 0.926 bits per heavy atom. The summed E-state index contributed by atoms with van der Waals surface area (Å²) in [6.07, 6.45) is -3.34. The molecule has 0 aliphatic carbocycles. The van der Waals surface area contributed by atoms with Crippen molar-refractivity contribution in [2.75, 3.05) is 18.5 Å². The van der Waals surface area contributed by atoms with E-state index in [-0.39, 0.29) is 13.2 Å². The zero-order valence-electron chi connectivity index (χ0n) is 14.7. The molecule has 10 nitrogen and oxygen atoms in total. The Balaban J connectivity index is 3.22. The number of rotatable bonds is 11. The summed E-state index contributed by atoms with van der Waals surface area (Å²) in [5, 5.41) is 28.1. The van der Waals surface area contributed by atoms with Gasteiger partial charge < -0.3 is 29.5 Å². The molecule has 1 aliphatic heterocycles. The van der Waals surface area contributed by atoms with Gasteiger partial charge in [0.25, 0.3) is 0 Å². The first-order chi connectivity index (χ1) is 12.6. The number of carbonyl (C=O) groups is 4. The van der Waals surface area contributed by atoms with E-state index in [0.717, 1.165) is 0 Å². The average Bonchev–Trinajstić information content (AvgIpc) is 2.54. The third-order valence-electron chi connectivity index (χ3n) is 4.28. The van der Waals surface area contributed by atoms with Crippen molar-refractivity contribution in [2.45, 2.75) is 38.6 Å². The lowest BCUT2D eigenvalue weighted by Crippen LogP contribution is -2.52. The third-order valence-corrected chi connectivity index (χ3v) is 4.60. The maximum Gasteiger partial charge on any atom is 0.303 e. The summed E-state index contributed by atoms with van der Waals surface area (Å²) in [7, 11) is 0. The van der Waals surface area contributed by atoms with Crippen LogP contribution in [-0.2, 0) is 33.4 Å². The number of alkyl halides is 1. The van der Waals surface area contributed by atoms with Crippen LogP contribution in [-0.4, -0.2) is 70.1 Å². The van der Waals surface area contributed by atoms with Gasteiger partial charge in [-0.15, -0.1) is 0 Å². The van der Waals surface area contributed by atoms with Gasteiger partial charge in [0.15, 0.2) is 6.29 Å². The lowest BCUT2D eigenvalue weighted by molar-refractivity contribution is -0.264. The van der Waals surface area contributed by atoms with E-state index < -0.39 is 73.3 Å². The topological polar surface area (TPSA) is 157 Å². The molecule has 0 aromatic rings. The Bertz CT molecular complexity index is 551. The zero-order chi connectivity index (χ0) is 20.6. The molecule has 27 heavy (non-hydrogen) atoms. The highest BCUT2D eigenvalue weighted by molar-refractivity contribution is 9.09. The van der Waals surface area contributed by atoms with E-state index in [1.54, 1.807) is 0 Å². The molecule has 154 valence electrons. The number of ether oxygens (including phenoxy) is 3. The molecule has 1 rings (SSSR count). The van der Waals surface area contributed by atoms with E-state index in [2.05, 4.69) is 15.9 Å². The second kappa shape index (κ2) is 11.2. The fourth-order valence-corrected chi connectivity index (χ4v) is 3.48. The van der Waals surface area contributed by atoms with Crippen LogP contribution in [0.5, 0.6) is 0 Å². The molecule has 0 amide bonds. The minimum atomic E-state index is -1.20. The van der Waals surface area contributed by atoms with Crippen LogP contribution in [0.1, 0.15) is 26.2 Å². The monoisotopic (exact) mass is 454 g/mol. The van der Waals surface area contributed by atoms with Crippen molar-refractivity contribution in [3.63, 3.8) is 0 Å². The Hall–Kier alpha value is -1.72. The second-order valence-electron chi connectivity index (χ2n) is 6.19. The van der Waals surface area contributed by atoms with Crippen LogP contribution >= 0.6 is 15.9 Å². The number of hydrogen-bond acceptors (Lipinski definition) is 7. The maximum absolute atomic E-state index is 11.4. The molecular formula is C16H23BrO10. The van der Waals surface area contributed by atoms with Crippen molar-refractivity contribution in [1.82, 2.24) is 0 Å². The largest absolute Gasteiger partial charge is 0.481 e. The van der Waals surface area contributed by atoms with Gasteiger partial charge in [0.2, 0.25) is 0 Å².